The molecule has 7 nitrogen and oxygen atoms in total. The topological polar surface area (TPSA) is 102 Å². The molecule has 0 aromatic heterocycles. The minimum Gasteiger partial charge on any atom is -0.505 e. The van der Waals surface area contributed by atoms with Gasteiger partial charge in [0.15, 0.2) is 11.5 Å². The summed E-state index contributed by atoms with van der Waals surface area (Å²) in [5, 5.41) is 25.6. The van der Waals surface area contributed by atoms with Crippen LogP contribution in [0.4, 0.5) is 5.69 Å². The van der Waals surface area contributed by atoms with Crippen LogP contribution in [-0.4, -0.2) is 53.5 Å². The van der Waals surface area contributed by atoms with Gasteiger partial charge in [-0.15, -0.1) is 0 Å². The highest BCUT2D eigenvalue weighted by atomic mass is 16.3. The smallest absolute Gasteiger partial charge is 0.257 e. The second-order valence-corrected chi connectivity index (χ2v) is 5.91. The van der Waals surface area contributed by atoms with Crippen molar-refractivity contribution in [1.29, 1.82) is 0 Å². The third-order valence-corrected chi connectivity index (χ3v) is 3.94. The molecule has 0 radical (unpaired) electrons. The molecule has 130 valence electrons. The molecule has 7 heteroatoms. The standard InChI is InChI=1S/C17H23N3O4/c1-4-10(9-21)18-13-8-14(22)15(13)19-12-7-5-6-11(16(12)23)17(24)20(2)3/h5-7,10,18-19,21,23H,4,8-9H2,1-3H3. The van der Waals surface area contributed by atoms with Gasteiger partial charge in [-0.3, -0.25) is 9.59 Å². The lowest BCUT2D eigenvalue weighted by atomic mass is 9.97. The second-order valence-electron chi connectivity index (χ2n) is 5.91. The van der Waals surface area contributed by atoms with Crippen molar-refractivity contribution in [3.63, 3.8) is 0 Å². The number of hydrogen-bond acceptors (Lipinski definition) is 6. The van der Waals surface area contributed by atoms with Crippen molar-refractivity contribution in [2.75, 3.05) is 26.0 Å². The maximum absolute atomic E-state index is 12.1. The van der Waals surface area contributed by atoms with Gasteiger partial charge in [0.25, 0.3) is 5.91 Å². The van der Waals surface area contributed by atoms with Gasteiger partial charge in [0.1, 0.15) is 5.70 Å². The van der Waals surface area contributed by atoms with E-state index in [4.69, 9.17) is 0 Å². The number of Topliss-reactive ketones (excluding diaryl/α,β-unsaturated/α-hetero) is 1. The van der Waals surface area contributed by atoms with E-state index in [9.17, 15) is 19.8 Å². The van der Waals surface area contributed by atoms with Crippen molar-refractivity contribution in [3.05, 3.63) is 35.2 Å². The number of ketones is 1. The van der Waals surface area contributed by atoms with Gasteiger partial charge in [-0.2, -0.15) is 0 Å². The third kappa shape index (κ3) is 3.51. The number of phenols is 1. The van der Waals surface area contributed by atoms with Gasteiger partial charge in [0.05, 0.1) is 24.3 Å². The zero-order valence-electron chi connectivity index (χ0n) is 14.1. The highest BCUT2D eigenvalue weighted by Gasteiger charge is 2.29. The average molecular weight is 333 g/mol. The fourth-order valence-electron chi connectivity index (χ4n) is 2.38. The zero-order chi connectivity index (χ0) is 17.9. The molecule has 1 aliphatic carbocycles. The van der Waals surface area contributed by atoms with Gasteiger partial charge in [-0.05, 0) is 18.6 Å². The lowest BCUT2D eigenvalue weighted by molar-refractivity contribution is -0.116. The molecule has 1 aromatic rings. The normalized spacial score (nSPS) is 14.9. The van der Waals surface area contributed by atoms with E-state index in [-0.39, 0.29) is 42.1 Å². The summed E-state index contributed by atoms with van der Waals surface area (Å²) in [6.07, 6.45) is 0.982. The number of para-hydroxylation sites is 1. The summed E-state index contributed by atoms with van der Waals surface area (Å²) >= 11 is 0. The van der Waals surface area contributed by atoms with Crippen molar-refractivity contribution < 1.29 is 19.8 Å². The van der Waals surface area contributed by atoms with Gasteiger partial charge >= 0.3 is 0 Å². The number of aliphatic hydroxyl groups is 1. The number of aliphatic hydroxyl groups excluding tert-OH is 1. The van der Waals surface area contributed by atoms with E-state index in [1.165, 1.54) is 11.0 Å². The third-order valence-electron chi connectivity index (χ3n) is 3.94. The minimum absolute atomic E-state index is 0.0282. The molecule has 1 amide bonds. The molecule has 1 atom stereocenters. The second kappa shape index (κ2) is 7.35. The van der Waals surface area contributed by atoms with Crippen LogP contribution in [0.2, 0.25) is 0 Å². The molecule has 0 heterocycles. The van der Waals surface area contributed by atoms with Gasteiger partial charge < -0.3 is 25.7 Å². The number of allylic oxidation sites excluding steroid dienone is 2. The maximum Gasteiger partial charge on any atom is 0.257 e. The number of carbonyl (C=O) groups is 2. The van der Waals surface area contributed by atoms with Crippen LogP contribution in [0, 0.1) is 0 Å². The van der Waals surface area contributed by atoms with Crippen LogP contribution >= 0.6 is 0 Å². The van der Waals surface area contributed by atoms with E-state index < -0.39 is 0 Å². The monoisotopic (exact) mass is 333 g/mol. The van der Waals surface area contributed by atoms with Crippen molar-refractivity contribution in [3.8, 4) is 5.75 Å². The number of phenolic OH excluding ortho intramolecular Hbond substituents is 1. The largest absolute Gasteiger partial charge is 0.505 e. The fraction of sp³-hybridized carbons (Fsp3) is 0.412. The van der Waals surface area contributed by atoms with Crippen LogP contribution in [0.15, 0.2) is 29.6 Å². The Morgan fingerprint density at radius 3 is 2.62 bits per heavy atom. The lowest BCUT2D eigenvalue weighted by Crippen LogP contribution is -2.39. The Kier molecular flexibility index (Phi) is 5.46. The molecule has 0 bridgehead atoms. The number of hydrogen-bond donors (Lipinski definition) is 4. The first-order valence-electron chi connectivity index (χ1n) is 7.83. The highest BCUT2D eigenvalue weighted by Crippen LogP contribution is 2.32. The Bertz CT molecular complexity index is 678. The number of carbonyl (C=O) groups excluding carboxylic acids is 2. The Morgan fingerprint density at radius 2 is 2.08 bits per heavy atom. The Labute approximate surface area is 141 Å². The van der Waals surface area contributed by atoms with Crippen LogP contribution in [-0.2, 0) is 4.79 Å². The molecule has 0 spiro atoms. The van der Waals surface area contributed by atoms with Crippen molar-refractivity contribution >= 4 is 17.4 Å². The molecule has 0 saturated carbocycles. The van der Waals surface area contributed by atoms with Gasteiger partial charge in [0.2, 0.25) is 0 Å². The summed E-state index contributed by atoms with van der Waals surface area (Å²) in [7, 11) is 3.20. The molecule has 1 unspecified atom stereocenters. The summed E-state index contributed by atoms with van der Waals surface area (Å²) in [5.41, 5.74) is 1.51. The van der Waals surface area contributed by atoms with Crippen LogP contribution in [0.25, 0.3) is 0 Å². The predicted octanol–water partition coefficient (Wildman–Crippen LogP) is 1.05. The zero-order valence-corrected chi connectivity index (χ0v) is 14.1. The summed E-state index contributed by atoms with van der Waals surface area (Å²) in [4.78, 5) is 25.3. The van der Waals surface area contributed by atoms with E-state index in [0.717, 1.165) is 6.42 Å². The lowest BCUT2D eigenvalue weighted by Gasteiger charge is -2.28. The first kappa shape index (κ1) is 17.8. The number of nitrogens with zero attached hydrogens (tertiary/aromatic N) is 1. The van der Waals surface area contributed by atoms with Crippen LogP contribution in [0.1, 0.15) is 30.1 Å². The van der Waals surface area contributed by atoms with E-state index in [2.05, 4.69) is 10.6 Å². The first-order valence-corrected chi connectivity index (χ1v) is 7.83. The minimum atomic E-state index is -0.324. The van der Waals surface area contributed by atoms with Crippen molar-refractivity contribution in [2.45, 2.75) is 25.8 Å². The quantitative estimate of drug-likeness (QED) is 0.556. The number of amides is 1. The maximum atomic E-state index is 12.1. The van der Waals surface area contributed by atoms with Crippen molar-refractivity contribution in [2.24, 2.45) is 0 Å². The Morgan fingerprint density at radius 1 is 1.38 bits per heavy atom. The molecule has 1 aromatic carbocycles. The molecule has 0 aliphatic heterocycles. The summed E-state index contributed by atoms with van der Waals surface area (Å²) < 4.78 is 0. The number of rotatable bonds is 7. The fourth-order valence-corrected chi connectivity index (χ4v) is 2.38. The van der Waals surface area contributed by atoms with Gasteiger partial charge in [-0.1, -0.05) is 13.0 Å². The number of nitrogens with one attached hydrogen (secondary N) is 2. The molecule has 2 rings (SSSR count). The van der Waals surface area contributed by atoms with Crippen LogP contribution < -0.4 is 10.6 Å². The summed E-state index contributed by atoms with van der Waals surface area (Å²) in [6.45, 7) is 1.91. The van der Waals surface area contributed by atoms with Crippen LogP contribution in [0.3, 0.4) is 0 Å². The van der Waals surface area contributed by atoms with Gasteiger partial charge in [0, 0.05) is 25.8 Å². The first-order chi connectivity index (χ1) is 11.4. The summed E-state index contributed by atoms with van der Waals surface area (Å²) in [5.74, 6) is -0.610. The van der Waals surface area contributed by atoms with E-state index in [1.54, 1.807) is 26.2 Å². The molecule has 1 aliphatic rings. The van der Waals surface area contributed by atoms with Crippen LogP contribution in [0.5, 0.6) is 5.75 Å². The Hall–Kier alpha value is -2.54. The molecule has 0 saturated heterocycles. The molecule has 0 fully saturated rings. The number of anilines is 1. The summed E-state index contributed by atoms with van der Waals surface area (Å²) in [6, 6.07) is 4.64. The van der Waals surface area contributed by atoms with Gasteiger partial charge in [-0.25, -0.2) is 0 Å². The van der Waals surface area contributed by atoms with E-state index in [0.29, 0.717) is 17.1 Å². The number of aromatic hydroxyl groups is 1. The SMILES string of the molecule is CCC(CO)NC1=C(Nc2cccc(C(=O)N(C)C)c2O)C(=O)C1. The molecular formula is C17H23N3O4. The number of benzene rings is 1. The van der Waals surface area contributed by atoms with E-state index >= 15 is 0 Å². The predicted molar refractivity (Wildman–Crippen MR) is 90.7 cm³/mol. The molecule has 4 N–H and O–H groups in total. The Balaban J connectivity index is 2.25. The van der Waals surface area contributed by atoms with E-state index in [1.807, 2.05) is 6.92 Å². The molecular weight excluding hydrogens is 310 g/mol. The highest BCUT2D eigenvalue weighted by molar-refractivity contribution is 6.07. The molecule has 24 heavy (non-hydrogen) atoms. The average Bonchev–Trinajstić information content (AvgIpc) is 2.56. The van der Waals surface area contributed by atoms with Crippen molar-refractivity contribution in [1.82, 2.24) is 10.2 Å².